The summed E-state index contributed by atoms with van der Waals surface area (Å²) in [5.74, 6) is 0.854. The van der Waals surface area contributed by atoms with Gasteiger partial charge in [0.2, 0.25) is 0 Å². The number of rotatable bonds is 0. The van der Waals surface area contributed by atoms with Gasteiger partial charge in [0.05, 0.1) is 31.2 Å². The first-order valence-electron chi connectivity index (χ1n) is 5.07. The highest BCUT2D eigenvalue weighted by atomic mass is 16.7. The van der Waals surface area contributed by atoms with Crippen LogP contribution >= 0.6 is 0 Å². The molecule has 70 valence electrons. The number of azo groups is 1. The third kappa shape index (κ3) is 0.636. The van der Waals surface area contributed by atoms with Crippen molar-refractivity contribution < 1.29 is 9.47 Å². The van der Waals surface area contributed by atoms with Crippen LogP contribution in [0.3, 0.4) is 0 Å². The third-order valence-electron chi connectivity index (χ3n) is 3.99. The van der Waals surface area contributed by atoms with E-state index in [9.17, 15) is 0 Å². The molecule has 4 aliphatic rings. The van der Waals surface area contributed by atoms with Crippen LogP contribution in [0, 0.1) is 11.8 Å². The molecule has 4 nitrogen and oxygen atoms in total. The van der Waals surface area contributed by atoms with Crippen molar-refractivity contribution in [2.75, 3.05) is 13.2 Å². The second kappa shape index (κ2) is 1.96. The first-order chi connectivity index (χ1) is 6.39. The first kappa shape index (κ1) is 6.90. The Kier molecular flexibility index (Phi) is 1.04. The van der Waals surface area contributed by atoms with Crippen molar-refractivity contribution in [2.45, 2.75) is 30.7 Å². The van der Waals surface area contributed by atoms with Gasteiger partial charge < -0.3 is 9.47 Å². The fourth-order valence-electron chi connectivity index (χ4n) is 3.60. The molecular formula is C9H12N2O2. The lowest BCUT2D eigenvalue weighted by Crippen LogP contribution is -2.42. The van der Waals surface area contributed by atoms with Crippen LogP contribution < -0.4 is 0 Å². The van der Waals surface area contributed by atoms with Gasteiger partial charge in [-0.15, -0.1) is 0 Å². The summed E-state index contributed by atoms with van der Waals surface area (Å²) in [6.07, 6.45) is 2.27. The van der Waals surface area contributed by atoms with Gasteiger partial charge >= 0.3 is 0 Å². The zero-order valence-corrected chi connectivity index (χ0v) is 7.35. The zero-order valence-electron chi connectivity index (χ0n) is 7.35. The molecule has 2 saturated carbocycles. The van der Waals surface area contributed by atoms with Crippen molar-refractivity contribution in [3.8, 4) is 0 Å². The lowest BCUT2D eigenvalue weighted by atomic mass is 9.90. The van der Waals surface area contributed by atoms with E-state index in [1.54, 1.807) is 0 Å². The number of hydrogen-bond donors (Lipinski definition) is 0. The Morgan fingerprint density at radius 2 is 2.00 bits per heavy atom. The summed E-state index contributed by atoms with van der Waals surface area (Å²) in [6, 6.07) is 0.824. The molecule has 4 atom stereocenters. The Hall–Kier alpha value is -0.480. The minimum absolute atomic E-state index is 0.276. The number of ether oxygens (including phenoxy) is 2. The molecule has 0 radical (unpaired) electrons. The summed E-state index contributed by atoms with van der Waals surface area (Å²) < 4.78 is 11.5. The van der Waals surface area contributed by atoms with E-state index in [0.717, 1.165) is 19.6 Å². The van der Waals surface area contributed by atoms with E-state index in [2.05, 4.69) is 10.2 Å². The molecular weight excluding hydrogens is 168 g/mol. The molecule has 4 unspecified atom stereocenters. The van der Waals surface area contributed by atoms with Crippen LogP contribution in [0.1, 0.15) is 12.8 Å². The fourth-order valence-corrected chi connectivity index (χ4v) is 3.60. The molecule has 0 aromatic heterocycles. The van der Waals surface area contributed by atoms with Gasteiger partial charge in [-0.25, -0.2) is 0 Å². The van der Waals surface area contributed by atoms with Crippen molar-refractivity contribution in [3.63, 3.8) is 0 Å². The SMILES string of the molecule is C1COC2(CC3CC4N=NC3C42)O1. The standard InChI is InChI=1S/C9H12N2O2/c1-2-13-9(12-1)4-5-3-6-7(9)8(5)11-10-6/h5-8H,1-4H2. The van der Waals surface area contributed by atoms with E-state index >= 15 is 0 Å². The van der Waals surface area contributed by atoms with Gasteiger partial charge in [-0.2, -0.15) is 10.2 Å². The number of nitrogens with zero attached hydrogens (tertiary/aromatic N) is 2. The Morgan fingerprint density at radius 1 is 1.15 bits per heavy atom. The molecule has 0 aromatic rings. The van der Waals surface area contributed by atoms with E-state index in [0.29, 0.717) is 23.9 Å². The molecule has 0 amide bonds. The van der Waals surface area contributed by atoms with Gasteiger partial charge in [0.15, 0.2) is 5.79 Å². The van der Waals surface area contributed by atoms with Crippen LogP contribution in [0.5, 0.6) is 0 Å². The largest absolute Gasteiger partial charge is 0.347 e. The monoisotopic (exact) mass is 180 g/mol. The van der Waals surface area contributed by atoms with Gasteiger partial charge in [0.1, 0.15) is 0 Å². The highest BCUT2D eigenvalue weighted by Gasteiger charge is 2.67. The van der Waals surface area contributed by atoms with Crippen molar-refractivity contribution >= 4 is 0 Å². The van der Waals surface area contributed by atoms with Gasteiger partial charge in [-0.05, 0) is 12.3 Å². The molecule has 1 saturated heterocycles. The second-order valence-corrected chi connectivity index (χ2v) is 4.52. The van der Waals surface area contributed by atoms with E-state index < -0.39 is 0 Å². The average molecular weight is 180 g/mol. The van der Waals surface area contributed by atoms with E-state index in [1.165, 1.54) is 6.42 Å². The molecule has 2 aliphatic heterocycles. The highest BCUT2D eigenvalue weighted by molar-refractivity contribution is 5.15. The Balaban J connectivity index is 1.78. The summed E-state index contributed by atoms with van der Waals surface area (Å²) in [5, 5.41) is 8.58. The summed E-state index contributed by atoms with van der Waals surface area (Å²) in [4.78, 5) is 0. The maximum Gasteiger partial charge on any atom is 0.175 e. The van der Waals surface area contributed by atoms with Crippen LogP contribution in [0.4, 0.5) is 0 Å². The van der Waals surface area contributed by atoms with Crippen LogP contribution in [0.2, 0.25) is 0 Å². The lowest BCUT2D eigenvalue weighted by Gasteiger charge is -2.33. The number of hydrogen-bond acceptors (Lipinski definition) is 4. The molecule has 0 N–H and O–H groups in total. The van der Waals surface area contributed by atoms with Crippen LogP contribution in [0.15, 0.2) is 10.2 Å². The molecule has 13 heavy (non-hydrogen) atoms. The minimum Gasteiger partial charge on any atom is -0.347 e. The first-order valence-corrected chi connectivity index (χ1v) is 5.07. The zero-order chi connectivity index (χ0) is 8.47. The molecule has 4 rings (SSSR count). The smallest absolute Gasteiger partial charge is 0.175 e. The quantitative estimate of drug-likeness (QED) is 0.557. The predicted octanol–water partition coefficient (Wildman–Crippen LogP) is 0.972. The van der Waals surface area contributed by atoms with Gasteiger partial charge in [0.25, 0.3) is 0 Å². The van der Waals surface area contributed by atoms with Gasteiger partial charge in [0, 0.05) is 6.42 Å². The minimum atomic E-state index is -0.276. The summed E-state index contributed by atoms with van der Waals surface area (Å²) in [7, 11) is 0. The molecule has 0 aromatic carbocycles. The van der Waals surface area contributed by atoms with Crippen molar-refractivity contribution in [1.82, 2.24) is 0 Å². The Bertz CT molecular complexity index is 285. The van der Waals surface area contributed by atoms with E-state index in [1.807, 2.05) is 0 Å². The van der Waals surface area contributed by atoms with Crippen molar-refractivity contribution in [2.24, 2.45) is 22.1 Å². The molecule has 4 bridgehead atoms. The van der Waals surface area contributed by atoms with Crippen molar-refractivity contribution in [1.29, 1.82) is 0 Å². The summed E-state index contributed by atoms with van der Waals surface area (Å²) in [6.45, 7) is 1.51. The molecule has 2 heterocycles. The highest BCUT2D eigenvalue weighted by Crippen LogP contribution is 2.59. The van der Waals surface area contributed by atoms with Gasteiger partial charge in [-0.1, -0.05) is 0 Å². The van der Waals surface area contributed by atoms with Gasteiger partial charge in [-0.3, -0.25) is 0 Å². The molecule has 1 spiro atoms. The fraction of sp³-hybridized carbons (Fsp3) is 1.00. The normalized spacial score (nSPS) is 54.2. The molecule has 2 aliphatic carbocycles. The lowest BCUT2D eigenvalue weighted by molar-refractivity contribution is -0.192. The maximum absolute atomic E-state index is 5.77. The molecule has 4 heteroatoms. The van der Waals surface area contributed by atoms with Crippen molar-refractivity contribution in [3.05, 3.63) is 0 Å². The van der Waals surface area contributed by atoms with Crippen LogP contribution in [0.25, 0.3) is 0 Å². The Morgan fingerprint density at radius 3 is 2.69 bits per heavy atom. The summed E-state index contributed by atoms with van der Waals surface area (Å²) >= 11 is 0. The van der Waals surface area contributed by atoms with Crippen LogP contribution in [-0.4, -0.2) is 31.1 Å². The summed E-state index contributed by atoms with van der Waals surface area (Å²) in [5.41, 5.74) is 0. The maximum atomic E-state index is 5.77. The topological polar surface area (TPSA) is 43.2 Å². The average Bonchev–Trinajstić information content (AvgIpc) is 2.81. The third-order valence-corrected chi connectivity index (χ3v) is 3.99. The predicted molar refractivity (Wildman–Crippen MR) is 43.3 cm³/mol. The second-order valence-electron chi connectivity index (χ2n) is 4.52. The molecule has 3 fully saturated rings. The van der Waals surface area contributed by atoms with E-state index in [-0.39, 0.29) is 5.79 Å². The Labute approximate surface area is 76.3 Å². The van der Waals surface area contributed by atoms with Crippen LogP contribution in [-0.2, 0) is 9.47 Å². The van der Waals surface area contributed by atoms with E-state index in [4.69, 9.17) is 9.47 Å².